The first kappa shape index (κ1) is 16.2. The van der Waals surface area contributed by atoms with Gasteiger partial charge in [-0.05, 0) is 30.5 Å². The fourth-order valence-electron chi connectivity index (χ4n) is 2.51. The Hall–Kier alpha value is -1.17. The Morgan fingerprint density at radius 1 is 1.19 bits per heavy atom. The Labute approximate surface area is 134 Å². The van der Waals surface area contributed by atoms with Gasteiger partial charge in [-0.15, -0.1) is 16.4 Å². The van der Waals surface area contributed by atoms with Crippen molar-refractivity contribution < 1.29 is 0 Å². The second-order valence-electron chi connectivity index (χ2n) is 4.90. The highest BCUT2D eigenvalue weighted by Crippen LogP contribution is 2.27. The van der Waals surface area contributed by atoms with Crippen molar-refractivity contribution in [3.63, 3.8) is 0 Å². The van der Waals surface area contributed by atoms with Crippen LogP contribution in [0.25, 0.3) is 0 Å². The van der Waals surface area contributed by atoms with Gasteiger partial charge in [0.25, 0.3) is 0 Å². The molecular formula is C15H21ClN4S. The van der Waals surface area contributed by atoms with Gasteiger partial charge in [-0.1, -0.05) is 25.4 Å². The van der Waals surface area contributed by atoms with Crippen LogP contribution in [0.2, 0.25) is 4.34 Å². The summed E-state index contributed by atoms with van der Waals surface area (Å²) in [6, 6.07) is 3.96. The van der Waals surface area contributed by atoms with Crippen LogP contribution >= 0.6 is 22.9 Å². The van der Waals surface area contributed by atoms with E-state index >= 15 is 0 Å². The highest BCUT2D eigenvalue weighted by molar-refractivity contribution is 7.16. The fraction of sp³-hybridized carbons (Fsp3) is 0.467. The maximum atomic E-state index is 5.99. The van der Waals surface area contributed by atoms with Crippen LogP contribution in [0.3, 0.4) is 0 Å². The molecular weight excluding hydrogens is 304 g/mol. The maximum Gasteiger partial charge on any atom is 0.156 e. The molecule has 0 aromatic carbocycles. The van der Waals surface area contributed by atoms with E-state index in [-0.39, 0.29) is 0 Å². The number of nitrogens with two attached hydrogens (primary N) is 1. The lowest BCUT2D eigenvalue weighted by Crippen LogP contribution is -2.22. The molecule has 2 rings (SSSR count). The second-order valence-corrected chi connectivity index (χ2v) is 6.70. The minimum atomic E-state index is 0.483. The molecule has 2 heterocycles. The summed E-state index contributed by atoms with van der Waals surface area (Å²) in [6.07, 6.45) is 1.81. The summed E-state index contributed by atoms with van der Waals surface area (Å²) in [7, 11) is 2.02. The van der Waals surface area contributed by atoms with Crippen LogP contribution in [0.1, 0.15) is 35.5 Å². The Bertz CT molecular complexity index is 612. The van der Waals surface area contributed by atoms with E-state index in [0.717, 1.165) is 40.8 Å². The van der Waals surface area contributed by atoms with E-state index in [0.29, 0.717) is 6.54 Å². The van der Waals surface area contributed by atoms with Crippen LogP contribution in [0.15, 0.2) is 12.1 Å². The van der Waals surface area contributed by atoms with E-state index in [1.54, 1.807) is 11.3 Å². The summed E-state index contributed by atoms with van der Waals surface area (Å²) >= 11 is 7.57. The third-order valence-electron chi connectivity index (χ3n) is 3.52. The Morgan fingerprint density at radius 3 is 2.48 bits per heavy atom. The number of nitrogens with zero attached hydrogens (tertiary/aromatic N) is 3. The molecule has 21 heavy (non-hydrogen) atoms. The van der Waals surface area contributed by atoms with Gasteiger partial charge >= 0.3 is 0 Å². The average molecular weight is 325 g/mol. The van der Waals surface area contributed by atoms with Crippen LogP contribution < -0.4 is 10.6 Å². The predicted octanol–water partition coefficient (Wildman–Crippen LogP) is 3.41. The second kappa shape index (κ2) is 7.20. The van der Waals surface area contributed by atoms with Crippen molar-refractivity contribution in [2.24, 2.45) is 5.73 Å². The normalized spacial score (nSPS) is 10.9. The monoisotopic (exact) mass is 324 g/mol. The zero-order chi connectivity index (χ0) is 15.4. The standard InChI is InChI=1S/C15H21ClN4S/c1-4-11-12(8-17)15(19-18-13(11)5-2)20(3)9-10-6-7-14(16)21-10/h6-7H,4-5,8-9,17H2,1-3H3. The lowest BCUT2D eigenvalue weighted by Gasteiger charge is -2.22. The van der Waals surface area contributed by atoms with Gasteiger partial charge in [0.2, 0.25) is 0 Å². The van der Waals surface area contributed by atoms with Crippen LogP contribution in [0.4, 0.5) is 5.82 Å². The molecule has 0 amide bonds. The van der Waals surface area contributed by atoms with Crippen LogP contribution in [0, 0.1) is 0 Å². The summed E-state index contributed by atoms with van der Waals surface area (Å²) in [5.41, 5.74) is 9.37. The minimum Gasteiger partial charge on any atom is -0.353 e. The number of thiophene rings is 1. The molecule has 0 saturated carbocycles. The number of aryl methyl sites for hydroxylation is 1. The Morgan fingerprint density at radius 2 is 1.95 bits per heavy atom. The first-order valence-electron chi connectivity index (χ1n) is 7.13. The molecule has 2 aromatic rings. The van der Waals surface area contributed by atoms with Crippen molar-refractivity contribution in [1.82, 2.24) is 10.2 Å². The van der Waals surface area contributed by atoms with E-state index in [1.807, 2.05) is 19.2 Å². The average Bonchev–Trinajstić information content (AvgIpc) is 2.90. The first-order valence-corrected chi connectivity index (χ1v) is 8.32. The number of hydrogen-bond donors (Lipinski definition) is 1. The summed E-state index contributed by atoms with van der Waals surface area (Å²) in [5.74, 6) is 0.871. The summed E-state index contributed by atoms with van der Waals surface area (Å²) in [5, 5.41) is 8.77. The molecule has 4 nitrogen and oxygen atoms in total. The van der Waals surface area contributed by atoms with E-state index in [9.17, 15) is 0 Å². The molecule has 0 bridgehead atoms. The van der Waals surface area contributed by atoms with Gasteiger partial charge in [-0.2, -0.15) is 5.10 Å². The molecule has 0 atom stereocenters. The van der Waals surface area contributed by atoms with Crippen molar-refractivity contribution in [3.8, 4) is 0 Å². The SMILES string of the molecule is CCc1nnc(N(C)Cc2ccc(Cl)s2)c(CN)c1CC. The molecule has 114 valence electrons. The van der Waals surface area contributed by atoms with Crippen molar-refractivity contribution in [2.45, 2.75) is 39.8 Å². The highest BCUT2D eigenvalue weighted by Gasteiger charge is 2.16. The number of halogens is 1. The molecule has 0 unspecified atom stereocenters. The van der Waals surface area contributed by atoms with Gasteiger partial charge in [0.15, 0.2) is 5.82 Å². The molecule has 6 heteroatoms. The van der Waals surface area contributed by atoms with Gasteiger partial charge in [0.1, 0.15) is 0 Å². The van der Waals surface area contributed by atoms with Crippen molar-refractivity contribution in [1.29, 1.82) is 0 Å². The fourth-order valence-corrected chi connectivity index (χ4v) is 3.65. The highest BCUT2D eigenvalue weighted by atomic mass is 35.5. The predicted molar refractivity (Wildman–Crippen MR) is 90.1 cm³/mol. The van der Waals surface area contributed by atoms with Gasteiger partial charge in [-0.3, -0.25) is 0 Å². The number of rotatable bonds is 6. The van der Waals surface area contributed by atoms with E-state index in [4.69, 9.17) is 17.3 Å². The molecule has 0 aliphatic carbocycles. The molecule has 0 spiro atoms. The summed E-state index contributed by atoms with van der Waals surface area (Å²) in [4.78, 5) is 3.29. The first-order chi connectivity index (χ1) is 10.1. The third kappa shape index (κ3) is 3.54. The van der Waals surface area contributed by atoms with Crippen LogP contribution in [-0.2, 0) is 25.9 Å². The molecule has 0 aliphatic rings. The molecule has 0 fully saturated rings. The molecule has 0 aliphatic heterocycles. The number of hydrogen-bond acceptors (Lipinski definition) is 5. The van der Waals surface area contributed by atoms with E-state index in [2.05, 4.69) is 28.9 Å². The molecule has 0 radical (unpaired) electrons. The zero-order valence-electron chi connectivity index (χ0n) is 12.7. The summed E-state index contributed by atoms with van der Waals surface area (Å²) in [6.45, 7) is 5.48. The molecule has 2 aromatic heterocycles. The van der Waals surface area contributed by atoms with Gasteiger partial charge in [0, 0.05) is 24.0 Å². The lowest BCUT2D eigenvalue weighted by molar-refractivity contribution is 0.798. The minimum absolute atomic E-state index is 0.483. The Balaban J connectivity index is 2.33. The maximum absolute atomic E-state index is 5.99. The van der Waals surface area contributed by atoms with Crippen LogP contribution in [-0.4, -0.2) is 17.2 Å². The van der Waals surface area contributed by atoms with Gasteiger partial charge in [0.05, 0.1) is 16.6 Å². The Kier molecular flexibility index (Phi) is 5.56. The lowest BCUT2D eigenvalue weighted by atomic mass is 10.0. The van der Waals surface area contributed by atoms with Gasteiger partial charge < -0.3 is 10.6 Å². The summed E-state index contributed by atoms with van der Waals surface area (Å²) < 4.78 is 0.805. The molecule has 0 saturated heterocycles. The quantitative estimate of drug-likeness (QED) is 0.884. The van der Waals surface area contributed by atoms with E-state index < -0.39 is 0 Å². The number of aromatic nitrogens is 2. The smallest absolute Gasteiger partial charge is 0.156 e. The number of anilines is 1. The van der Waals surface area contributed by atoms with Crippen molar-refractivity contribution in [2.75, 3.05) is 11.9 Å². The zero-order valence-corrected chi connectivity index (χ0v) is 14.3. The molecule has 2 N–H and O–H groups in total. The van der Waals surface area contributed by atoms with Crippen molar-refractivity contribution >= 4 is 28.8 Å². The van der Waals surface area contributed by atoms with E-state index in [1.165, 1.54) is 10.4 Å². The topological polar surface area (TPSA) is 55.0 Å². The van der Waals surface area contributed by atoms with Crippen molar-refractivity contribution in [3.05, 3.63) is 38.2 Å². The van der Waals surface area contributed by atoms with Crippen LogP contribution in [0.5, 0.6) is 0 Å². The van der Waals surface area contributed by atoms with Gasteiger partial charge in [-0.25, -0.2) is 0 Å². The largest absolute Gasteiger partial charge is 0.353 e. The third-order valence-corrected chi connectivity index (χ3v) is 4.74.